The van der Waals surface area contributed by atoms with Crippen molar-refractivity contribution >= 4 is 11.9 Å². The zero-order valence-electron chi connectivity index (χ0n) is 8.81. The molecule has 0 rings (SSSR count). The van der Waals surface area contributed by atoms with Crippen molar-refractivity contribution in [2.45, 2.75) is 12.8 Å². The zero-order chi connectivity index (χ0) is 11.7. The van der Waals surface area contributed by atoms with Crippen molar-refractivity contribution in [3.05, 3.63) is 0 Å². The Balaban J connectivity index is 3.96. The summed E-state index contributed by atoms with van der Waals surface area (Å²) in [6.45, 7) is 0.00899. The highest BCUT2D eigenvalue weighted by Gasteiger charge is 2.13. The van der Waals surface area contributed by atoms with Gasteiger partial charge in [0.25, 0.3) is 0 Å². The molecule has 0 aliphatic rings. The Morgan fingerprint density at radius 2 is 1.67 bits per heavy atom. The first-order valence-electron chi connectivity index (χ1n) is 4.72. The van der Waals surface area contributed by atoms with E-state index in [-0.39, 0.29) is 45.1 Å². The average molecular weight is 219 g/mol. The van der Waals surface area contributed by atoms with Crippen molar-refractivity contribution in [2.24, 2.45) is 0 Å². The second kappa shape index (κ2) is 8.19. The predicted octanol–water partition coefficient (Wildman–Crippen LogP) is -1.25. The van der Waals surface area contributed by atoms with Crippen LogP contribution in [0.3, 0.4) is 0 Å². The molecule has 15 heavy (non-hydrogen) atoms. The molecular formula is C9H17NO5. The van der Waals surface area contributed by atoms with Crippen molar-refractivity contribution in [3.8, 4) is 0 Å². The van der Waals surface area contributed by atoms with Gasteiger partial charge in [-0.25, -0.2) is 0 Å². The number of carbonyl (C=O) groups excluding carboxylic acids is 2. The first kappa shape index (κ1) is 13.9. The molecule has 0 heterocycles. The Bertz CT molecular complexity index is 201. The van der Waals surface area contributed by atoms with Crippen LogP contribution in [-0.2, 0) is 14.3 Å². The van der Waals surface area contributed by atoms with E-state index in [0.717, 1.165) is 0 Å². The maximum absolute atomic E-state index is 11.4. The van der Waals surface area contributed by atoms with Crippen LogP contribution in [0.2, 0.25) is 0 Å². The summed E-state index contributed by atoms with van der Waals surface area (Å²) in [4.78, 5) is 23.5. The van der Waals surface area contributed by atoms with Gasteiger partial charge in [-0.2, -0.15) is 0 Å². The van der Waals surface area contributed by atoms with Gasteiger partial charge in [0.15, 0.2) is 0 Å². The molecule has 1 amide bonds. The summed E-state index contributed by atoms with van der Waals surface area (Å²) in [6, 6.07) is 0. The molecule has 0 aromatic carbocycles. The smallest absolute Gasteiger partial charge is 0.306 e. The van der Waals surface area contributed by atoms with Crippen LogP contribution in [0.1, 0.15) is 12.8 Å². The van der Waals surface area contributed by atoms with Gasteiger partial charge in [-0.1, -0.05) is 0 Å². The summed E-state index contributed by atoms with van der Waals surface area (Å²) in [6.07, 6.45) is 0.0510. The second-order valence-electron chi connectivity index (χ2n) is 2.90. The molecule has 0 saturated carbocycles. The first-order chi connectivity index (χ1) is 7.15. The van der Waals surface area contributed by atoms with Crippen LogP contribution in [0.4, 0.5) is 0 Å². The molecule has 0 fully saturated rings. The van der Waals surface area contributed by atoms with Crippen LogP contribution in [0.25, 0.3) is 0 Å². The van der Waals surface area contributed by atoms with E-state index in [1.807, 2.05) is 0 Å². The molecule has 0 spiro atoms. The number of amides is 1. The summed E-state index contributed by atoms with van der Waals surface area (Å²) >= 11 is 0. The number of aliphatic hydroxyl groups is 2. The summed E-state index contributed by atoms with van der Waals surface area (Å²) < 4.78 is 4.39. The number of hydrogen-bond acceptors (Lipinski definition) is 5. The lowest BCUT2D eigenvalue weighted by atomic mass is 10.2. The minimum atomic E-state index is -0.448. The monoisotopic (exact) mass is 219 g/mol. The summed E-state index contributed by atoms with van der Waals surface area (Å²) in [7, 11) is 1.26. The molecule has 0 aliphatic heterocycles. The Morgan fingerprint density at radius 3 is 2.07 bits per heavy atom. The summed E-state index contributed by atoms with van der Waals surface area (Å²) in [5.41, 5.74) is 0. The van der Waals surface area contributed by atoms with Crippen LogP contribution in [0.15, 0.2) is 0 Å². The number of aliphatic hydroxyl groups excluding tert-OH is 2. The number of nitrogens with zero attached hydrogens (tertiary/aromatic N) is 1. The quantitative estimate of drug-likeness (QED) is 0.523. The van der Waals surface area contributed by atoms with Crippen molar-refractivity contribution in [1.29, 1.82) is 0 Å². The largest absolute Gasteiger partial charge is 0.469 e. The van der Waals surface area contributed by atoms with E-state index in [2.05, 4.69) is 4.74 Å². The highest BCUT2D eigenvalue weighted by Crippen LogP contribution is 1.99. The highest BCUT2D eigenvalue weighted by molar-refractivity contribution is 5.81. The van der Waals surface area contributed by atoms with Crippen molar-refractivity contribution in [1.82, 2.24) is 4.90 Å². The topological polar surface area (TPSA) is 87.1 Å². The second-order valence-corrected chi connectivity index (χ2v) is 2.90. The van der Waals surface area contributed by atoms with Crippen LogP contribution < -0.4 is 0 Å². The molecule has 0 aromatic heterocycles. The third-order valence-electron chi connectivity index (χ3n) is 1.86. The summed E-state index contributed by atoms with van der Waals surface area (Å²) in [5, 5.41) is 17.3. The van der Waals surface area contributed by atoms with Crippen LogP contribution in [-0.4, -0.2) is 60.4 Å². The van der Waals surface area contributed by atoms with E-state index >= 15 is 0 Å². The average Bonchev–Trinajstić information content (AvgIpc) is 2.25. The van der Waals surface area contributed by atoms with Crippen LogP contribution in [0, 0.1) is 0 Å². The molecule has 0 atom stereocenters. The lowest BCUT2D eigenvalue weighted by Crippen LogP contribution is -2.36. The van der Waals surface area contributed by atoms with Gasteiger partial charge in [0.2, 0.25) is 5.91 Å². The minimum Gasteiger partial charge on any atom is -0.469 e. The van der Waals surface area contributed by atoms with Crippen molar-refractivity contribution in [3.63, 3.8) is 0 Å². The number of methoxy groups -OCH3 is 1. The molecule has 0 bridgehead atoms. The van der Waals surface area contributed by atoms with E-state index in [1.54, 1.807) is 0 Å². The molecule has 2 N–H and O–H groups in total. The normalized spacial score (nSPS) is 9.80. The summed E-state index contributed by atoms with van der Waals surface area (Å²) in [5.74, 6) is -0.722. The van der Waals surface area contributed by atoms with Crippen molar-refractivity contribution < 1.29 is 24.5 Å². The molecule has 0 aliphatic carbocycles. The lowest BCUT2D eigenvalue weighted by molar-refractivity contribution is -0.143. The number of rotatable bonds is 7. The Labute approximate surface area is 88.4 Å². The van der Waals surface area contributed by atoms with Gasteiger partial charge < -0.3 is 19.8 Å². The molecule has 0 unspecified atom stereocenters. The maximum Gasteiger partial charge on any atom is 0.306 e. The number of carbonyl (C=O) groups is 2. The fourth-order valence-corrected chi connectivity index (χ4v) is 1.07. The molecule has 0 radical (unpaired) electrons. The van der Waals surface area contributed by atoms with E-state index < -0.39 is 5.97 Å². The Hall–Kier alpha value is -1.14. The standard InChI is InChI=1S/C9H17NO5/c1-15-9(14)3-2-8(13)10(4-6-11)5-7-12/h11-12H,2-7H2,1H3. The molecular weight excluding hydrogens is 202 g/mol. The third kappa shape index (κ3) is 6.03. The molecule has 0 saturated heterocycles. The molecule has 6 nitrogen and oxygen atoms in total. The number of hydrogen-bond donors (Lipinski definition) is 2. The Kier molecular flexibility index (Phi) is 7.57. The first-order valence-corrected chi connectivity index (χ1v) is 4.72. The van der Waals surface area contributed by atoms with Gasteiger partial charge in [-0.05, 0) is 0 Å². The van der Waals surface area contributed by atoms with Crippen LogP contribution >= 0.6 is 0 Å². The van der Waals surface area contributed by atoms with Gasteiger partial charge in [-0.3, -0.25) is 9.59 Å². The SMILES string of the molecule is COC(=O)CCC(=O)N(CCO)CCO. The number of esters is 1. The van der Waals surface area contributed by atoms with E-state index in [9.17, 15) is 9.59 Å². The van der Waals surface area contributed by atoms with Gasteiger partial charge >= 0.3 is 5.97 Å². The third-order valence-corrected chi connectivity index (χ3v) is 1.86. The molecule has 6 heteroatoms. The fourth-order valence-electron chi connectivity index (χ4n) is 1.07. The van der Waals surface area contributed by atoms with E-state index in [1.165, 1.54) is 12.0 Å². The predicted molar refractivity (Wildman–Crippen MR) is 52.0 cm³/mol. The fraction of sp³-hybridized carbons (Fsp3) is 0.778. The van der Waals surface area contributed by atoms with Crippen molar-refractivity contribution in [2.75, 3.05) is 33.4 Å². The van der Waals surface area contributed by atoms with Gasteiger partial charge in [-0.15, -0.1) is 0 Å². The molecule has 0 aromatic rings. The van der Waals surface area contributed by atoms with E-state index in [4.69, 9.17) is 10.2 Å². The highest BCUT2D eigenvalue weighted by atomic mass is 16.5. The zero-order valence-corrected chi connectivity index (χ0v) is 8.81. The van der Waals surface area contributed by atoms with Gasteiger partial charge in [0.1, 0.15) is 0 Å². The maximum atomic E-state index is 11.4. The lowest BCUT2D eigenvalue weighted by Gasteiger charge is -2.20. The van der Waals surface area contributed by atoms with Gasteiger partial charge in [0, 0.05) is 19.5 Å². The minimum absolute atomic E-state index is 0.0166. The van der Waals surface area contributed by atoms with E-state index in [0.29, 0.717) is 0 Å². The van der Waals surface area contributed by atoms with Gasteiger partial charge in [0.05, 0.1) is 26.7 Å². The number of ether oxygens (including phenoxy) is 1. The Morgan fingerprint density at radius 1 is 1.13 bits per heavy atom. The van der Waals surface area contributed by atoms with Crippen LogP contribution in [0.5, 0.6) is 0 Å². The molecule has 88 valence electrons.